The summed E-state index contributed by atoms with van der Waals surface area (Å²) in [5, 5.41) is 19.9. The van der Waals surface area contributed by atoms with Gasteiger partial charge in [0.2, 0.25) is 0 Å². The number of hydrogen-bond donors (Lipinski definition) is 5. The number of amides is 1. The Kier molecular flexibility index (Phi) is 10.1. The molecule has 0 saturated heterocycles. The summed E-state index contributed by atoms with van der Waals surface area (Å²) >= 11 is 0. The predicted octanol–water partition coefficient (Wildman–Crippen LogP) is 1.97. The van der Waals surface area contributed by atoms with E-state index in [9.17, 15) is 14.4 Å². The van der Waals surface area contributed by atoms with Gasteiger partial charge < -0.3 is 31.0 Å². The maximum absolute atomic E-state index is 11.6. The second-order valence-corrected chi connectivity index (χ2v) is 7.00. The molecule has 0 bridgehead atoms. The number of rotatable bonds is 9. The summed E-state index contributed by atoms with van der Waals surface area (Å²) in [6.07, 6.45) is 2.71. The van der Waals surface area contributed by atoms with Gasteiger partial charge in [0, 0.05) is 12.6 Å². The molecule has 3 rings (SSSR count). The second-order valence-electron chi connectivity index (χ2n) is 7.00. The highest BCUT2D eigenvalue weighted by Gasteiger charge is 2.22. The van der Waals surface area contributed by atoms with Gasteiger partial charge in [-0.1, -0.05) is 60.7 Å². The molecular weight excluding hydrogens is 428 g/mol. The highest BCUT2D eigenvalue weighted by atomic mass is 16.5. The van der Waals surface area contributed by atoms with Crippen LogP contribution in [-0.2, 0) is 33.8 Å². The van der Waals surface area contributed by atoms with E-state index in [2.05, 4.69) is 15.3 Å². The zero-order valence-electron chi connectivity index (χ0n) is 17.8. The molecule has 0 aliphatic heterocycles. The SMILES string of the molecule is NC(Cc1ccccc1)C(=O)O.O=C(NC(Cc1c[nH]cn1)C(=O)O)OCc1ccccc1. The number of carbonyl (C=O) groups is 3. The van der Waals surface area contributed by atoms with Gasteiger partial charge in [0.1, 0.15) is 18.7 Å². The van der Waals surface area contributed by atoms with Gasteiger partial charge >= 0.3 is 18.0 Å². The molecule has 0 radical (unpaired) electrons. The number of ether oxygens (including phenoxy) is 1. The Morgan fingerprint density at radius 1 is 0.939 bits per heavy atom. The minimum Gasteiger partial charge on any atom is -0.480 e. The third-order valence-electron chi connectivity index (χ3n) is 4.39. The fraction of sp³-hybridized carbons (Fsp3) is 0.217. The van der Waals surface area contributed by atoms with Gasteiger partial charge in [-0.25, -0.2) is 14.6 Å². The van der Waals surface area contributed by atoms with Crippen molar-refractivity contribution in [3.05, 3.63) is 90.0 Å². The third-order valence-corrected chi connectivity index (χ3v) is 4.39. The largest absolute Gasteiger partial charge is 0.480 e. The van der Waals surface area contributed by atoms with Crippen LogP contribution < -0.4 is 11.1 Å². The number of H-pyrrole nitrogens is 1. The number of nitrogens with zero attached hydrogens (tertiary/aromatic N) is 1. The molecule has 3 aromatic rings. The fourth-order valence-corrected chi connectivity index (χ4v) is 2.67. The van der Waals surface area contributed by atoms with Crippen LogP contribution in [0.4, 0.5) is 4.79 Å². The highest BCUT2D eigenvalue weighted by molar-refractivity contribution is 5.80. The average Bonchev–Trinajstić information content (AvgIpc) is 3.32. The number of aliphatic carboxylic acids is 2. The molecule has 6 N–H and O–H groups in total. The molecule has 0 spiro atoms. The number of aromatic amines is 1. The van der Waals surface area contributed by atoms with Crippen molar-refractivity contribution in [2.24, 2.45) is 5.73 Å². The van der Waals surface area contributed by atoms with E-state index in [4.69, 9.17) is 20.7 Å². The van der Waals surface area contributed by atoms with Crippen molar-refractivity contribution >= 4 is 18.0 Å². The van der Waals surface area contributed by atoms with Gasteiger partial charge in [0.25, 0.3) is 0 Å². The number of hydrogen-bond acceptors (Lipinski definition) is 6. The zero-order chi connectivity index (χ0) is 24.1. The van der Waals surface area contributed by atoms with E-state index >= 15 is 0 Å². The van der Waals surface area contributed by atoms with Gasteiger partial charge in [0.05, 0.1) is 12.0 Å². The van der Waals surface area contributed by atoms with Crippen LogP contribution in [0.15, 0.2) is 73.2 Å². The predicted molar refractivity (Wildman–Crippen MR) is 119 cm³/mol. The lowest BCUT2D eigenvalue weighted by atomic mass is 10.1. The van der Waals surface area contributed by atoms with E-state index < -0.39 is 30.1 Å². The minimum absolute atomic E-state index is 0.0826. The molecule has 0 aliphatic carbocycles. The number of aromatic nitrogens is 2. The van der Waals surface area contributed by atoms with Gasteiger partial charge in [-0.05, 0) is 17.5 Å². The maximum Gasteiger partial charge on any atom is 0.408 e. The van der Waals surface area contributed by atoms with Crippen molar-refractivity contribution in [3.63, 3.8) is 0 Å². The van der Waals surface area contributed by atoms with Crippen LogP contribution in [0.2, 0.25) is 0 Å². The monoisotopic (exact) mass is 454 g/mol. The van der Waals surface area contributed by atoms with E-state index in [1.165, 1.54) is 6.33 Å². The first kappa shape index (κ1) is 25.1. The Labute approximate surface area is 190 Å². The first-order valence-corrected chi connectivity index (χ1v) is 10.0. The number of imidazole rings is 1. The number of carbonyl (C=O) groups excluding carboxylic acids is 1. The number of carboxylic acids is 2. The van der Waals surface area contributed by atoms with Crippen molar-refractivity contribution in [2.75, 3.05) is 0 Å². The summed E-state index contributed by atoms with van der Waals surface area (Å²) in [5.74, 6) is -2.10. The van der Waals surface area contributed by atoms with Crippen molar-refractivity contribution in [3.8, 4) is 0 Å². The molecule has 174 valence electrons. The van der Waals surface area contributed by atoms with Crippen LogP contribution in [0.3, 0.4) is 0 Å². The first-order chi connectivity index (χ1) is 15.8. The molecule has 33 heavy (non-hydrogen) atoms. The molecule has 0 fully saturated rings. The smallest absolute Gasteiger partial charge is 0.408 e. The number of benzene rings is 2. The molecule has 1 amide bonds. The molecule has 0 aliphatic rings. The van der Waals surface area contributed by atoms with Crippen LogP contribution in [0.25, 0.3) is 0 Å². The van der Waals surface area contributed by atoms with Gasteiger partial charge in [-0.3, -0.25) is 4.79 Å². The molecule has 2 unspecified atom stereocenters. The van der Waals surface area contributed by atoms with Crippen LogP contribution in [0.1, 0.15) is 16.8 Å². The summed E-state index contributed by atoms with van der Waals surface area (Å²) in [4.78, 5) is 39.8. The van der Waals surface area contributed by atoms with Crippen molar-refractivity contribution in [2.45, 2.75) is 31.5 Å². The molecule has 10 nitrogen and oxygen atoms in total. The highest BCUT2D eigenvalue weighted by Crippen LogP contribution is 2.03. The standard InChI is InChI=1S/C14H15N3O4.C9H11NO2/c18-13(19)12(6-11-7-15-9-16-11)17-14(20)21-8-10-4-2-1-3-5-10;10-8(9(11)12)6-7-4-2-1-3-5-7/h1-5,7,9,12H,6,8H2,(H,15,16)(H,17,20)(H,18,19);1-5,8H,6,10H2,(H,11,12). The fourth-order valence-electron chi connectivity index (χ4n) is 2.67. The number of carboxylic acid groups (broad SMARTS) is 2. The molecule has 10 heteroatoms. The topological polar surface area (TPSA) is 168 Å². The lowest BCUT2D eigenvalue weighted by Gasteiger charge is -2.13. The van der Waals surface area contributed by atoms with Crippen molar-refractivity contribution < 1.29 is 29.3 Å². The Morgan fingerprint density at radius 3 is 2.06 bits per heavy atom. The Hall–Kier alpha value is -4.18. The van der Waals surface area contributed by atoms with Crippen molar-refractivity contribution in [1.82, 2.24) is 15.3 Å². The van der Waals surface area contributed by atoms with Gasteiger partial charge in [-0.15, -0.1) is 0 Å². The summed E-state index contributed by atoms with van der Waals surface area (Å²) in [7, 11) is 0. The van der Waals surface area contributed by atoms with Crippen LogP contribution in [0.5, 0.6) is 0 Å². The Bertz CT molecular complexity index is 996. The Balaban J connectivity index is 0.000000273. The van der Waals surface area contributed by atoms with Crippen LogP contribution in [-0.4, -0.2) is 50.3 Å². The third kappa shape index (κ3) is 9.66. The average molecular weight is 454 g/mol. The zero-order valence-corrected chi connectivity index (χ0v) is 17.8. The first-order valence-electron chi connectivity index (χ1n) is 10.0. The van der Waals surface area contributed by atoms with E-state index in [1.54, 1.807) is 6.20 Å². The van der Waals surface area contributed by atoms with Gasteiger partial charge in [-0.2, -0.15) is 0 Å². The molecule has 2 aromatic carbocycles. The number of alkyl carbamates (subject to hydrolysis) is 1. The van der Waals surface area contributed by atoms with Crippen molar-refractivity contribution in [1.29, 1.82) is 0 Å². The van der Waals surface area contributed by atoms with E-state index in [-0.39, 0.29) is 13.0 Å². The quantitative estimate of drug-likeness (QED) is 0.327. The number of nitrogens with one attached hydrogen (secondary N) is 2. The second kappa shape index (κ2) is 13.3. The summed E-state index contributed by atoms with van der Waals surface area (Å²) in [6.45, 7) is 0.0847. The Morgan fingerprint density at radius 2 is 1.55 bits per heavy atom. The number of nitrogens with two attached hydrogens (primary N) is 1. The van der Waals surface area contributed by atoms with E-state index in [0.717, 1.165) is 11.1 Å². The molecule has 1 heterocycles. The lowest BCUT2D eigenvalue weighted by Crippen LogP contribution is -2.42. The van der Waals surface area contributed by atoms with E-state index in [1.807, 2.05) is 60.7 Å². The van der Waals surface area contributed by atoms with Crippen LogP contribution >= 0.6 is 0 Å². The summed E-state index contributed by atoms with van der Waals surface area (Å²) in [6, 6.07) is 16.6. The molecule has 1 aromatic heterocycles. The molecular formula is C23H26N4O6. The maximum atomic E-state index is 11.6. The molecule has 0 saturated carbocycles. The lowest BCUT2D eigenvalue weighted by molar-refractivity contribution is -0.139. The summed E-state index contributed by atoms with van der Waals surface area (Å²) in [5.41, 5.74) is 7.67. The normalized spacial score (nSPS) is 11.9. The molecule has 2 atom stereocenters. The van der Waals surface area contributed by atoms with E-state index in [0.29, 0.717) is 12.1 Å². The van der Waals surface area contributed by atoms with Crippen LogP contribution in [0, 0.1) is 0 Å². The minimum atomic E-state index is -1.14. The summed E-state index contributed by atoms with van der Waals surface area (Å²) < 4.78 is 4.99. The van der Waals surface area contributed by atoms with Gasteiger partial charge in [0.15, 0.2) is 0 Å².